The van der Waals surface area contributed by atoms with E-state index in [1.54, 1.807) is 6.92 Å². The molecule has 1 rings (SSSR count). The van der Waals surface area contributed by atoms with Crippen LogP contribution in [0, 0.1) is 5.41 Å². The Morgan fingerprint density at radius 3 is 2.57 bits per heavy atom. The average molecular weight is 198 g/mol. The second-order valence-electron chi connectivity index (χ2n) is 5.13. The second-order valence-corrected chi connectivity index (χ2v) is 5.13. The number of nitrogens with two attached hydrogens (primary N) is 1. The lowest BCUT2D eigenvalue weighted by atomic mass is 9.85. The summed E-state index contributed by atoms with van der Waals surface area (Å²) in [6, 6.07) is -0.351. The zero-order chi connectivity index (χ0) is 10.8. The van der Waals surface area contributed by atoms with Gasteiger partial charge in [0.15, 0.2) is 0 Å². The zero-order valence-electron chi connectivity index (χ0n) is 9.55. The SMILES string of the molecule is CC(N)C(=O)N1CCCC(C)(C)CC1. The third-order valence-electron chi connectivity index (χ3n) is 3.04. The number of amides is 1. The molecule has 0 aromatic rings. The Bertz CT molecular complexity index is 211. The molecule has 0 aliphatic carbocycles. The summed E-state index contributed by atoms with van der Waals surface area (Å²) in [5.41, 5.74) is 5.98. The van der Waals surface area contributed by atoms with E-state index in [9.17, 15) is 4.79 Å². The Labute approximate surface area is 86.6 Å². The fourth-order valence-corrected chi connectivity index (χ4v) is 1.93. The molecule has 14 heavy (non-hydrogen) atoms. The van der Waals surface area contributed by atoms with E-state index >= 15 is 0 Å². The quantitative estimate of drug-likeness (QED) is 0.691. The maximum absolute atomic E-state index is 11.7. The largest absolute Gasteiger partial charge is 0.341 e. The van der Waals surface area contributed by atoms with E-state index in [1.165, 1.54) is 6.42 Å². The Morgan fingerprint density at radius 1 is 1.36 bits per heavy atom. The Morgan fingerprint density at radius 2 is 2.00 bits per heavy atom. The normalized spacial score (nSPS) is 24.1. The lowest BCUT2D eigenvalue weighted by Crippen LogP contribution is -2.42. The third kappa shape index (κ3) is 2.98. The number of carbonyl (C=O) groups is 1. The van der Waals surface area contributed by atoms with Crippen molar-refractivity contribution in [2.75, 3.05) is 13.1 Å². The predicted molar refractivity (Wildman–Crippen MR) is 57.9 cm³/mol. The summed E-state index contributed by atoms with van der Waals surface area (Å²) in [6.07, 6.45) is 3.40. The molecule has 0 saturated carbocycles. The fraction of sp³-hybridized carbons (Fsp3) is 0.909. The molecule has 0 aromatic carbocycles. The summed E-state index contributed by atoms with van der Waals surface area (Å²) in [5, 5.41) is 0. The van der Waals surface area contributed by atoms with Gasteiger partial charge in [-0.05, 0) is 31.6 Å². The summed E-state index contributed by atoms with van der Waals surface area (Å²) in [7, 11) is 0. The first-order valence-electron chi connectivity index (χ1n) is 5.47. The summed E-state index contributed by atoms with van der Waals surface area (Å²) in [5.74, 6) is 0.0997. The van der Waals surface area contributed by atoms with Crippen LogP contribution in [0.1, 0.15) is 40.0 Å². The molecule has 1 aliphatic heterocycles. The van der Waals surface area contributed by atoms with Crippen molar-refractivity contribution in [2.45, 2.75) is 46.1 Å². The number of rotatable bonds is 1. The molecule has 1 unspecified atom stereocenters. The lowest BCUT2D eigenvalue weighted by Gasteiger charge is -2.24. The fourth-order valence-electron chi connectivity index (χ4n) is 1.93. The Kier molecular flexibility index (Phi) is 3.53. The van der Waals surface area contributed by atoms with Crippen molar-refractivity contribution < 1.29 is 4.79 Å². The minimum Gasteiger partial charge on any atom is -0.341 e. The van der Waals surface area contributed by atoms with Crippen LogP contribution in [0.2, 0.25) is 0 Å². The molecule has 1 aliphatic rings. The number of carbonyl (C=O) groups excluding carboxylic acids is 1. The second kappa shape index (κ2) is 4.30. The van der Waals surface area contributed by atoms with Crippen molar-refractivity contribution >= 4 is 5.91 Å². The van der Waals surface area contributed by atoms with Gasteiger partial charge in [-0.3, -0.25) is 4.79 Å². The lowest BCUT2D eigenvalue weighted by molar-refractivity contribution is -0.132. The summed E-state index contributed by atoms with van der Waals surface area (Å²) in [6.45, 7) is 8.05. The van der Waals surface area contributed by atoms with Crippen LogP contribution in [-0.4, -0.2) is 29.9 Å². The van der Waals surface area contributed by atoms with Crippen LogP contribution < -0.4 is 5.73 Å². The first kappa shape index (κ1) is 11.5. The van der Waals surface area contributed by atoms with Crippen LogP contribution in [0.4, 0.5) is 0 Å². The summed E-state index contributed by atoms with van der Waals surface area (Å²) in [4.78, 5) is 13.6. The average Bonchev–Trinajstić information content (AvgIpc) is 2.25. The molecule has 1 saturated heterocycles. The van der Waals surface area contributed by atoms with E-state index in [4.69, 9.17) is 5.73 Å². The van der Waals surface area contributed by atoms with Crippen LogP contribution in [0.25, 0.3) is 0 Å². The van der Waals surface area contributed by atoms with Crippen molar-refractivity contribution in [3.05, 3.63) is 0 Å². The van der Waals surface area contributed by atoms with E-state index in [0.717, 1.165) is 25.9 Å². The molecule has 1 atom stereocenters. The highest BCUT2D eigenvalue weighted by Gasteiger charge is 2.26. The van der Waals surface area contributed by atoms with E-state index in [1.807, 2.05) is 4.90 Å². The minimum atomic E-state index is -0.351. The molecular formula is C11H22N2O. The molecule has 0 bridgehead atoms. The van der Waals surface area contributed by atoms with Crippen molar-refractivity contribution in [3.8, 4) is 0 Å². The highest BCUT2D eigenvalue weighted by molar-refractivity contribution is 5.81. The smallest absolute Gasteiger partial charge is 0.239 e. The standard InChI is InChI=1S/C11H22N2O/c1-9(12)10(14)13-7-4-5-11(2,3)6-8-13/h9H,4-8,12H2,1-3H3. The molecular weight excluding hydrogens is 176 g/mol. The van der Waals surface area contributed by atoms with Crippen molar-refractivity contribution in [2.24, 2.45) is 11.1 Å². The van der Waals surface area contributed by atoms with Gasteiger partial charge in [0.2, 0.25) is 5.91 Å². The van der Waals surface area contributed by atoms with Crippen molar-refractivity contribution in [1.29, 1.82) is 0 Å². The molecule has 82 valence electrons. The van der Waals surface area contributed by atoms with Gasteiger partial charge in [-0.1, -0.05) is 13.8 Å². The van der Waals surface area contributed by atoms with E-state index in [-0.39, 0.29) is 11.9 Å². The molecule has 1 amide bonds. The highest BCUT2D eigenvalue weighted by atomic mass is 16.2. The minimum absolute atomic E-state index is 0.0997. The maximum Gasteiger partial charge on any atom is 0.239 e. The number of nitrogens with zero attached hydrogens (tertiary/aromatic N) is 1. The molecule has 0 aromatic heterocycles. The van der Waals surface area contributed by atoms with E-state index in [2.05, 4.69) is 13.8 Å². The van der Waals surface area contributed by atoms with E-state index < -0.39 is 0 Å². The van der Waals surface area contributed by atoms with Gasteiger partial charge in [0.05, 0.1) is 6.04 Å². The first-order chi connectivity index (χ1) is 6.42. The molecule has 3 nitrogen and oxygen atoms in total. The van der Waals surface area contributed by atoms with Gasteiger partial charge >= 0.3 is 0 Å². The van der Waals surface area contributed by atoms with Crippen molar-refractivity contribution in [3.63, 3.8) is 0 Å². The maximum atomic E-state index is 11.7. The van der Waals surface area contributed by atoms with Gasteiger partial charge in [0, 0.05) is 13.1 Å². The van der Waals surface area contributed by atoms with Gasteiger partial charge in [0.25, 0.3) is 0 Å². The predicted octanol–water partition coefficient (Wildman–Crippen LogP) is 1.37. The van der Waals surface area contributed by atoms with Crippen LogP contribution in [0.3, 0.4) is 0 Å². The van der Waals surface area contributed by atoms with Crippen LogP contribution in [0.15, 0.2) is 0 Å². The first-order valence-corrected chi connectivity index (χ1v) is 5.47. The topological polar surface area (TPSA) is 46.3 Å². The van der Waals surface area contributed by atoms with Gasteiger partial charge in [-0.2, -0.15) is 0 Å². The van der Waals surface area contributed by atoms with Gasteiger partial charge in [-0.25, -0.2) is 0 Å². The molecule has 3 heteroatoms. The van der Waals surface area contributed by atoms with E-state index in [0.29, 0.717) is 5.41 Å². The monoisotopic (exact) mass is 198 g/mol. The molecule has 1 fully saturated rings. The molecule has 0 radical (unpaired) electrons. The van der Waals surface area contributed by atoms with Gasteiger partial charge in [0.1, 0.15) is 0 Å². The van der Waals surface area contributed by atoms with Crippen molar-refractivity contribution in [1.82, 2.24) is 4.90 Å². The molecule has 1 heterocycles. The van der Waals surface area contributed by atoms with Gasteiger partial charge in [-0.15, -0.1) is 0 Å². The van der Waals surface area contributed by atoms with Gasteiger partial charge < -0.3 is 10.6 Å². The summed E-state index contributed by atoms with van der Waals surface area (Å²) >= 11 is 0. The van der Waals surface area contributed by atoms with Crippen LogP contribution >= 0.6 is 0 Å². The molecule has 2 N–H and O–H groups in total. The van der Waals surface area contributed by atoms with Crippen LogP contribution in [-0.2, 0) is 4.79 Å². The number of hydrogen-bond acceptors (Lipinski definition) is 2. The number of likely N-dealkylation sites (tertiary alicyclic amines) is 1. The Hall–Kier alpha value is -0.570. The highest BCUT2D eigenvalue weighted by Crippen LogP contribution is 2.29. The number of hydrogen-bond donors (Lipinski definition) is 1. The Balaban J connectivity index is 2.54. The zero-order valence-corrected chi connectivity index (χ0v) is 9.55. The summed E-state index contributed by atoms with van der Waals surface area (Å²) < 4.78 is 0. The van der Waals surface area contributed by atoms with Crippen LogP contribution in [0.5, 0.6) is 0 Å². The molecule has 0 spiro atoms. The third-order valence-corrected chi connectivity index (χ3v) is 3.04.